The van der Waals surface area contributed by atoms with Gasteiger partial charge in [0.25, 0.3) is 5.91 Å². The van der Waals surface area contributed by atoms with E-state index >= 15 is 0 Å². The van der Waals surface area contributed by atoms with E-state index in [2.05, 4.69) is 5.32 Å². The molecule has 0 aromatic heterocycles. The van der Waals surface area contributed by atoms with E-state index in [9.17, 15) is 18.7 Å². The van der Waals surface area contributed by atoms with Crippen molar-refractivity contribution in [3.05, 3.63) is 66.2 Å². The van der Waals surface area contributed by atoms with E-state index < -0.39 is 23.6 Å². The Hall–Kier alpha value is -3.15. The Morgan fingerprint density at radius 2 is 1.88 bits per heavy atom. The molecule has 1 atom stereocenters. The smallest absolute Gasteiger partial charge is 0.265 e. The number of carbonyl (C=O) groups excluding carboxylic acids is 1. The van der Waals surface area contributed by atoms with Crippen LogP contribution in [0.5, 0.6) is 11.5 Å². The summed E-state index contributed by atoms with van der Waals surface area (Å²) in [6, 6.07) is 13.2. The van der Waals surface area contributed by atoms with Crippen LogP contribution in [0, 0.1) is 11.6 Å². The average molecular weight is 343 g/mol. The Labute approximate surface area is 142 Å². The molecule has 2 N–H and O–H groups in total. The minimum atomic E-state index is -1.05. The largest absolute Gasteiger partial charge is 0.508 e. The first-order valence-electron chi connectivity index (χ1n) is 7.58. The van der Waals surface area contributed by atoms with Gasteiger partial charge in [-0.05, 0) is 42.6 Å². The molecule has 6 heteroatoms. The molecular formula is C19H15F2NO3. The number of rotatable bonds is 4. The molecule has 0 spiro atoms. The summed E-state index contributed by atoms with van der Waals surface area (Å²) < 4.78 is 31.5. The van der Waals surface area contributed by atoms with Crippen LogP contribution in [0.3, 0.4) is 0 Å². The summed E-state index contributed by atoms with van der Waals surface area (Å²) in [7, 11) is 0. The van der Waals surface area contributed by atoms with Crippen LogP contribution in [0.15, 0.2) is 54.6 Å². The third kappa shape index (κ3) is 3.68. The Morgan fingerprint density at radius 3 is 2.64 bits per heavy atom. The normalized spacial score (nSPS) is 12.0. The van der Waals surface area contributed by atoms with Gasteiger partial charge < -0.3 is 15.2 Å². The number of amides is 1. The molecule has 0 saturated heterocycles. The van der Waals surface area contributed by atoms with Crippen LogP contribution in [0.4, 0.5) is 14.5 Å². The highest BCUT2D eigenvalue weighted by molar-refractivity contribution is 6.03. The molecule has 128 valence electrons. The van der Waals surface area contributed by atoms with E-state index in [1.807, 2.05) is 6.07 Å². The minimum absolute atomic E-state index is 0.0529. The number of nitrogens with one attached hydrogen (secondary N) is 1. The molecule has 0 aliphatic heterocycles. The van der Waals surface area contributed by atoms with Crippen LogP contribution < -0.4 is 10.1 Å². The van der Waals surface area contributed by atoms with Crippen molar-refractivity contribution in [2.24, 2.45) is 0 Å². The second kappa shape index (κ2) is 6.76. The van der Waals surface area contributed by atoms with Gasteiger partial charge in [0.05, 0.1) is 0 Å². The number of halogens is 2. The first-order chi connectivity index (χ1) is 11.9. The predicted molar refractivity (Wildman–Crippen MR) is 90.7 cm³/mol. The van der Waals surface area contributed by atoms with Gasteiger partial charge in [-0.25, -0.2) is 8.78 Å². The van der Waals surface area contributed by atoms with Crippen LogP contribution >= 0.6 is 0 Å². The third-order valence-electron chi connectivity index (χ3n) is 3.70. The molecule has 3 aromatic carbocycles. The fourth-order valence-electron chi connectivity index (χ4n) is 2.41. The van der Waals surface area contributed by atoms with E-state index in [4.69, 9.17) is 4.74 Å². The zero-order valence-corrected chi connectivity index (χ0v) is 13.3. The van der Waals surface area contributed by atoms with E-state index in [-0.39, 0.29) is 11.5 Å². The summed E-state index contributed by atoms with van der Waals surface area (Å²) in [5.41, 5.74) is 0.513. The second-order valence-corrected chi connectivity index (χ2v) is 5.54. The van der Waals surface area contributed by atoms with Crippen molar-refractivity contribution in [3.8, 4) is 11.5 Å². The third-order valence-corrected chi connectivity index (χ3v) is 3.70. The van der Waals surface area contributed by atoms with Gasteiger partial charge >= 0.3 is 0 Å². The molecule has 0 fully saturated rings. The number of hydrogen-bond acceptors (Lipinski definition) is 3. The molecule has 0 radical (unpaired) electrons. The second-order valence-electron chi connectivity index (χ2n) is 5.54. The van der Waals surface area contributed by atoms with Crippen molar-refractivity contribution in [2.45, 2.75) is 13.0 Å². The molecule has 4 nitrogen and oxygen atoms in total. The zero-order chi connectivity index (χ0) is 18.0. The van der Waals surface area contributed by atoms with Crippen molar-refractivity contribution in [1.29, 1.82) is 0 Å². The first-order valence-corrected chi connectivity index (χ1v) is 7.58. The highest BCUT2D eigenvalue weighted by atomic mass is 19.2. The van der Waals surface area contributed by atoms with Crippen molar-refractivity contribution in [3.63, 3.8) is 0 Å². The molecular weight excluding hydrogens is 328 g/mol. The predicted octanol–water partition coefficient (Wildman–Crippen LogP) is 4.23. The van der Waals surface area contributed by atoms with Crippen LogP contribution in [0.2, 0.25) is 0 Å². The summed E-state index contributed by atoms with van der Waals surface area (Å²) in [6.45, 7) is 1.50. The van der Waals surface area contributed by atoms with Gasteiger partial charge in [0.2, 0.25) is 0 Å². The van der Waals surface area contributed by atoms with Gasteiger partial charge in [-0.1, -0.05) is 18.2 Å². The monoisotopic (exact) mass is 343 g/mol. The molecule has 0 aliphatic carbocycles. The number of carbonyl (C=O) groups is 1. The molecule has 25 heavy (non-hydrogen) atoms. The molecule has 0 aliphatic rings. The Balaban J connectivity index is 1.77. The molecule has 0 bridgehead atoms. The van der Waals surface area contributed by atoms with E-state index in [1.54, 1.807) is 30.3 Å². The number of aromatic hydroxyl groups is 1. The first kappa shape index (κ1) is 16.7. The van der Waals surface area contributed by atoms with Gasteiger partial charge in [-0.2, -0.15) is 0 Å². The summed E-state index contributed by atoms with van der Waals surface area (Å²) in [5.74, 6) is -2.35. The lowest BCUT2D eigenvalue weighted by Crippen LogP contribution is -2.30. The zero-order valence-electron chi connectivity index (χ0n) is 13.3. The number of fused-ring (bicyclic) bond motifs is 1. The highest BCUT2D eigenvalue weighted by Gasteiger charge is 2.17. The van der Waals surface area contributed by atoms with Gasteiger partial charge in [-0.3, -0.25) is 4.79 Å². The lowest BCUT2D eigenvalue weighted by atomic mass is 10.1. The molecule has 0 heterocycles. The quantitative estimate of drug-likeness (QED) is 0.745. The van der Waals surface area contributed by atoms with E-state index in [1.165, 1.54) is 13.0 Å². The van der Waals surface area contributed by atoms with Crippen molar-refractivity contribution in [2.75, 3.05) is 5.32 Å². The fourth-order valence-corrected chi connectivity index (χ4v) is 2.41. The lowest BCUT2D eigenvalue weighted by Gasteiger charge is -2.16. The number of phenolic OH excluding ortho intramolecular Hbond substituents is 1. The lowest BCUT2D eigenvalue weighted by molar-refractivity contribution is -0.122. The SMILES string of the molecule is CC(Oc1ccc(F)c(F)c1)C(=O)Nc1cccc2ccc(O)cc12. The maximum Gasteiger partial charge on any atom is 0.265 e. The highest BCUT2D eigenvalue weighted by Crippen LogP contribution is 2.27. The van der Waals surface area contributed by atoms with Crippen LogP contribution in [-0.2, 0) is 4.79 Å². The van der Waals surface area contributed by atoms with Crippen molar-refractivity contribution < 1.29 is 23.4 Å². The standard InChI is InChI=1S/C19H15F2NO3/c1-11(25-14-7-8-16(20)17(21)10-14)19(24)22-18-4-2-3-12-5-6-13(23)9-15(12)18/h2-11,23H,1H3,(H,22,24). The van der Waals surface area contributed by atoms with Crippen LogP contribution in [0.25, 0.3) is 10.8 Å². The summed E-state index contributed by atoms with van der Waals surface area (Å²) in [5, 5.41) is 13.9. The molecule has 3 aromatic rings. The van der Waals surface area contributed by atoms with Gasteiger partial charge in [-0.15, -0.1) is 0 Å². The summed E-state index contributed by atoms with van der Waals surface area (Å²) >= 11 is 0. The van der Waals surface area contributed by atoms with Crippen LogP contribution in [-0.4, -0.2) is 17.1 Å². The maximum atomic E-state index is 13.2. The minimum Gasteiger partial charge on any atom is -0.508 e. The number of ether oxygens (including phenoxy) is 1. The molecule has 0 saturated carbocycles. The van der Waals surface area contributed by atoms with Gasteiger partial charge in [0.15, 0.2) is 17.7 Å². The molecule has 3 rings (SSSR count). The van der Waals surface area contributed by atoms with Crippen molar-refractivity contribution in [1.82, 2.24) is 0 Å². The van der Waals surface area contributed by atoms with E-state index in [0.29, 0.717) is 11.1 Å². The Morgan fingerprint density at radius 1 is 1.08 bits per heavy atom. The fraction of sp³-hybridized carbons (Fsp3) is 0.105. The van der Waals surface area contributed by atoms with Crippen LogP contribution in [0.1, 0.15) is 6.92 Å². The summed E-state index contributed by atoms with van der Waals surface area (Å²) in [4.78, 5) is 12.3. The Kier molecular flexibility index (Phi) is 4.52. The van der Waals surface area contributed by atoms with Gasteiger partial charge in [0.1, 0.15) is 11.5 Å². The summed E-state index contributed by atoms with van der Waals surface area (Å²) in [6.07, 6.45) is -0.933. The average Bonchev–Trinajstić information content (AvgIpc) is 2.58. The van der Waals surface area contributed by atoms with Gasteiger partial charge in [0, 0.05) is 17.1 Å². The number of hydrogen-bond donors (Lipinski definition) is 2. The maximum absolute atomic E-state index is 13.2. The topological polar surface area (TPSA) is 58.6 Å². The molecule has 1 unspecified atom stereocenters. The van der Waals surface area contributed by atoms with E-state index in [0.717, 1.165) is 17.5 Å². The molecule has 1 amide bonds. The number of benzene rings is 3. The number of anilines is 1. The number of phenols is 1. The Bertz CT molecular complexity index is 943. The van der Waals surface area contributed by atoms with Crippen molar-refractivity contribution >= 4 is 22.4 Å².